The van der Waals surface area contributed by atoms with Crippen LogP contribution in [0.2, 0.25) is 0 Å². The Balaban J connectivity index is 1.80. The molecule has 7 nitrogen and oxygen atoms in total. The predicted molar refractivity (Wildman–Crippen MR) is 141 cm³/mol. The largest absolute Gasteiger partial charge is 0.460 e. The highest BCUT2D eigenvalue weighted by atomic mass is 16.6. The third-order valence-corrected chi connectivity index (χ3v) is 6.71. The standard InChI is InChI=1S/C29H43N3O4/c1-20(2)16-21(18-26(33)36-29(3,4)5)27(34)31-24-17-22-19-32(25-13-9-8-12-23(22)25)15-11-7-6-10-14-30-28(24)35/h8-9,12-13,19-22,24H,6-7,10-11,14-18H2,1-5H3,(H-,30,31,34,35)/p+1. The molecule has 0 aliphatic carbocycles. The molecule has 3 atom stereocenters. The Labute approximate surface area is 216 Å². The van der Waals surface area contributed by atoms with Gasteiger partial charge in [0, 0.05) is 30.5 Å². The van der Waals surface area contributed by atoms with Crippen LogP contribution in [0.1, 0.15) is 91.0 Å². The number of hydrogen-bond donors (Lipinski definition) is 2. The van der Waals surface area contributed by atoms with Crippen molar-refractivity contribution in [1.82, 2.24) is 10.6 Å². The van der Waals surface area contributed by atoms with E-state index in [1.165, 1.54) is 11.3 Å². The summed E-state index contributed by atoms with van der Waals surface area (Å²) in [6.45, 7) is 11.1. The van der Waals surface area contributed by atoms with Gasteiger partial charge in [-0.2, -0.15) is 0 Å². The van der Waals surface area contributed by atoms with Crippen LogP contribution in [0.25, 0.3) is 0 Å². The zero-order valence-electron chi connectivity index (χ0n) is 22.6. The number of para-hydroxylation sites is 1. The molecule has 2 amide bonds. The SMILES string of the molecule is CC(C)CC(CC(=O)OC(C)(C)C)C(=O)NC1CC2C=[N+](CCCCCCNC1=O)c1ccccc12. The van der Waals surface area contributed by atoms with E-state index in [2.05, 4.69) is 33.6 Å². The number of nitrogens with zero attached hydrogens (tertiary/aromatic N) is 1. The van der Waals surface area contributed by atoms with Crippen molar-refractivity contribution in [2.75, 3.05) is 13.1 Å². The molecule has 3 rings (SSSR count). The molecule has 0 fully saturated rings. The van der Waals surface area contributed by atoms with Gasteiger partial charge in [0.1, 0.15) is 18.2 Å². The molecule has 0 saturated heterocycles. The number of amides is 2. The maximum atomic E-state index is 13.5. The van der Waals surface area contributed by atoms with Gasteiger partial charge in [-0.25, -0.2) is 4.58 Å². The van der Waals surface area contributed by atoms with E-state index in [9.17, 15) is 14.4 Å². The summed E-state index contributed by atoms with van der Waals surface area (Å²) in [5.74, 6) is -1.10. The molecule has 2 aliphatic rings. The van der Waals surface area contributed by atoms with E-state index < -0.39 is 23.5 Å². The number of carbonyl (C=O) groups excluding carboxylic acids is 3. The molecule has 36 heavy (non-hydrogen) atoms. The first-order chi connectivity index (χ1) is 17.0. The second-order valence-corrected chi connectivity index (χ2v) is 11.6. The second kappa shape index (κ2) is 12.5. The molecule has 2 bridgehead atoms. The lowest BCUT2D eigenvalue weighted by Gasteiger charge is -2.25. The Morgan fingerprint density at radius 1 is 1.14 bits per heavy atom. The molecule has 3 unspecified atom stereocenters. The van der Waals surface area contributed by atoms with Crippen molar-refractivity contribution in [2.45, 2.75) is 97.1 Å². The lowest BCUT2D eigenvalue weighted by atomic mass is 9.91. The fourth-order valence-corrected chi connectivity index (χ4v) is 5.13. The van der Waals surface area contributed by atoms with E-state index in [0.717, 1.165) is 32.2 Å². The second-order valence-electron chi connectivity index (χ2n) is 11.6. The molecule has 2 N–H and O–H groups in total. The number of benzene rings is 1. The van der Waals surface area contributed by atoms with Gasteiger partial charge >= 0.3 is 5.97 Å². The van der Waals surface area contributed by atoms with Crippen molar-refractivity contribution in [3.63, 3.8) is 0 Å². The number of nitrogens with one attached hydrogen (secondary N) is 2. The van der Waals surface area contributed by atoms with Gasteiger partial charge in [0.05, 0.1) is 12.3 Å². The van der Waals surface area contributed by atoms with Crippen LogP contribution < -0.4 is 10.6 Å². The summed E-state index contributed by atoms with van der Waals surface area (Å²) >= 11 is 0. The van der Waals surface area contributed by atoms with Crippen molar-refractivity contribution in [1.29, 1.82) is 0 Å². The Morgan fingerprint density at radius 2 is 1.86 bits per heavy atom. The first kappa shape index (κ1) is 27.9. The summed E-state index contributed by atoms with van der Waals surface area (Å²) in [4.78, 5) is 39.3. The van der Waals surface area contributed by atoms with Gasteiger partial charge in [-0.1, -0.05) is 38.5 Å². The molecule has 0 aromatic heterocycles. The molecule has 1 aromatic rings. The fraction of sp³-hybridized carbons (Fsp3) is 0.655. The Morgan fingerprint density at radius 3 is 2.58 bits per heavy atom. The van der Waals surface area contributed by atoms with Crippen LogP contribution >= 0.6 is 0 Å². The Hall–Kier alpha value is -2.70. The third kappa shape index (κ3) is 8.17. The highest BCUT2D eigenvalue weighted by Crippen LogP contribution is 2.34. The Bertz CT molecular complexity index is 964. The van der Waals surface area contributed by atoms with E-state index in [-0.39, 0.29) is 30.1 Å². The van der Waals surface area contributed by atoms with E-state index in [1.54, 1.807) is 0 Å². The smallest absolute Gasteiger partial charge is 0.307 e. The average Bonchev–Trinajstić information content (AvgIpc) is 3.13. The van der Waals surface area contributed by atoms with Crippen molar-refractivity contribution < 1.29 is 23.7 Å². The van der Waals surface area contributed by atoms with E-state index in [1.807, 2.05) is 46.8 Å². The van der Waals surface area contributed by atoms with Gasteiger partial charge < -0.3 is 15.4 Å². The van der Waals surface area contributed by atoms with E-state index >= 15 is 0 Å². The normalized spacial score (nSPS) is 21.7. The maximum absolute atomic E-state index is 13.5. The van der Waals surface area contributed by atoms with Crippen LogP contribution in [0, 0.1) is 11.8 Å². The minimum Gasteiger partial charge on any atom is -0.460 e. The maximum Gasteiger partial charge on any atom is 0.307 e. The Kier molecular flexibility index (Phi) is 9.69. The zero-order chi connectivity index (χ0) is 26.3. The number of esters is 1. The molecule has 0 radical (unpaired) electrons. The predicted octanol–water partition coefficient (Wildman–Crippen LogP) is 4.46. The number of carbonyl (C=O) groups is 3. The number of ether oxygens (including phenoxy) is 1. The summed E-state index contributed by atoms with van der Waals surface area (Å²) in [5, 5.41) is 6.06. The van der Waals surface area contributed by atoms with Crippen LogP contribution in [-0.4, -0.2) is 53.3 Å². The number of fused-ring (bicyclic) bond motifs is 4. The summed E-state index contributed by atoms with van der Waals surface area (Å²) in [6.07, 6.45) is 7.44. The lowest BCUT2D eigenvalue weighted by Crippen LogP contribution is -2.49. The molecule has 2 heterocycles. The van der Waals surface area contributed by atoms with Crippen molar-refractivity contribution >= 4 is 29.7 Å². The highest BCUT2D eigenvalue weighted by Gasteiger charge is 2.36. The topological polar surface area (TPSA) is 87.5 Å². The monoisotopic (exact) mass is 498 g/mol. The van der Waals surface area contributed by atoms with E-state index in [4.69, 9.17) is 4.74 Å². The fourth-order valence-electron chi connectivity index (χ4n) is 5.13. The van der Waals surface area contributed by atoms with Crippen LogP contribution in [0.4, 0.5) is 5.69 Å². The van der Waals surface area contributed by atoms with Crippen LogP contribution in [-0.2, 0) is 19.1 Å². The molecular formula is C29H44N3O4+. The van der Waals surface area contributed by atoms with Gasteiger partial charge in [-0.3, -0.25) is 14.4 Å². The molecule has 2 aliphatic heterocycles. The molecule has 7 heteroatoms. The number of rotatable bonds is 6. The van der Waals surface area contributed by atoms with Crippen molar-refractivity contribution in [3.8, 4) is 0 Å². The van der Waals surface area contributed by atoms with E-state index in [0.29, 0.717) is 19.4 Å². The highest BCUT2D eigenvalue weighted by molar-refractivity contribution is 5.90. The van der Waals surface area contributed by atoms with Crippen molar-refractivity contribution in [2.24, 2.45) is 11.8 Å². The molecular weight excluding hydrogens is 454 g/mol. The summed E-state index contributed by atoms with van der Waals surface area (Å²) < 4.78 is 7.79. The summed E-state index contributed by atoms with van der Waals surface area (Å²) in [6, 6.07) is 7.64. The minimum absolute atomic E-state index is 0.00177. The van der Waals surface area contributed by atoms with Crippen molar-refractivity contribution in [3.05, 3.63) is 29.8 Å². The van der Waals surface area contributed by atoms with Crippen LogP contribution in [0.3, 0.4) is 0 Å². The molecule has 0 saturated carbocycles. The average molecular weight is 499 g/mol. The molecule has 1 aromatic carbocycles. The quantitative estimate of drug-likeness (QED) is 0.448. The lowest BCUT2D eigenvalue weighted by molar-refractivity contribution is -0.433. The van der Waals surface area contributed by atoms with Gasteiger partial charge in [0.15, 0.2) is 6.21 Å². The minimum atomic E-state index is -0.680. The molecule has 0 spiro atoms. The van der Waals surface area contributed by atoms with Gasteiger partial charge in [0.2, 0.25) is 17.5 Å². The van der Waals surface area contributed by atoms with Gasteiger partial charge in [-0.15, -0.1) is 0 Å². The van der Waals surface area contributed by atoms with Crippen LogP contribution in [0.15, 0.2) is 24.3 Å². The van der Waals surface area contributed by atoms with Gasteiger partial charge in [-0.05, 0) is 52.4 Å². The zero-order valence-corrected chi connectivity index (χ0v) is 22.6. The number of hydrogen-bond acceptors (Lipinski definition) is 4. The summed E-state index contributed by atoms with van der Waals surface area (Å²) in [5.41, 5.74) is 1.77. The molecule has 198 valence electrons. The van der Waals surface area contributed by atoms with Crippen LogP contribution in [0.5, 0.6) is 0 Å². The first-order valence-corrected chi connectivity index (χ1v) is 13.5. The first-order valence-electron chi connectivity index (χ1n) is 13.5. The summed E-state index contributed by atoms with van der Waals surface area (Å²) in [7, 11) is 0. The third-order valence-electron chi connectivity index (χ3n) is 6.71. The van der Waals surface area contributed by atoms with Gasteiger partial charge in [0.25, 0.3) is 0 Å².